The molecule has 3 nitrogen and oxygen atoms in total. The number of para-hydroxylation sites is 2. The summed E-state index contributed by atoms with van der Waals surface area (Å²) in [6, 6.07) is 18.6. The first-order valence-corrected chi connectivity index (χ1v) is 8.77. The number of thiol groups is 1. The third kappa shape index (κ3) is 4.70. The molecule has 0 bridgehead atoms. The first-order chi connectivity index (χ1) is 8.16. The average molecular weight is 299 g/mol. The summed E-state index contributed by atoms with van der Waals surface area (Å²) in [7, 11) is 0. The minimum atomic E-state index is -2.61. The molecule has 0 radical (unpaired) electrons. The van der Waals surface area contributed by atoms with E-state index in [2.05, 4.69) is 12.2 Å². The van der Waals surface area contributed by atoms with Crippen LogP contribution in [0.25, 0.3) is 0 Å². The van der Waals surface area contributed by atoms with Gasteiger partial charge in [-0.3, -0.25) is 0 Å². The molecular weight excluding hydrogens is 285 g/mol. The fourth-order valence-electron chi connectivity index (χ4n) is 1.25. The topological polar surface area (TPSA) is 53.5 Å². The van der Waals surface area contributed by atoms with Crippen LogP contribution in [0.3, 0.4) is 0 Å². The third-order valence-corrected chi connectivity index (χ3v) is 3.75. The van der Waals surface area contributed by atoms with Gasteiger partial charge in [0.05, 0.1) is 0 Å². The molecule has 0 atom stereocenters. The molecule has 0 unspecified atom stereocenters. The lowest BCUT2D eigenvalue weighted by molar-refractivity contribution is 0.507. The molecule has 0 aliphatic carbocycles. The molecular formula is C12H14NO2PS2. The fraction of sp³-hybridized carbons (Fsp3) is 0. The summed E-state index contributed by atoms with van der Waals surface area (Å²) in [6.07, 6.45) is 0. The van der Waals surface area contributed by atoms with E-state index in [-0.39, 0.29) is 6.15 Å². The van der Waals surface area contributed by atoms with E-state index in [1.54, 1.807) is 0 Å². The largest absolute Gasteiger partial charge is 0.428 e. The van der Waals surface area contributed by atoms with Gasteiger partial charge in [-0.2, -0.15) is 0 Å². The van der Waals surface area contributed by atoms with Crippen LogP contribution < -0.4 is 15.2 Å². The van der Waals surface area contributed by atoms with Crippen LogP contribution in [0.4, 0.5) is 0 Å². The van der Waals surface area contributed by atoms with Crippen molar-refractivity contribution in [3.63, 3.8) is 0 Å². The molecule has 18 heavy (non-hydrogen) atoms. The lowest BCUT2D eigenvalue weighted by atomic mass is 10.3. The van der Waals surface area contributed by atoms with Crippen molar-refractivity contribution in [3.8, 4) is 11.5 Å². The van der Waals surface area contributed by atoms with Crippen LogP contribution in [0.1, 0.15) is 0 Å². The van der Waals surface area contributed by atoms with E-state index in [1.165, 1.54) is 0 Å². The molecule has 2 aromatic carbocycles. The molecule has 0 aliphatic heterocycles. The van der Waals surface area contributed by atoms with Crippen molar-refractivity contribution in [3.05, 3.63) is 60.7 Å². The number of benzene rings is 2. The Balaban J connectivity index is 0.00000162. The van der Waals surface area contributed by atoms with Crippen molar-refractivity contribution in [2.45, 2.75) is 0 Å². The second-order valence-electron chi connectivity index (χ2n) is 3.28. The summed E-state index contributed by atoms with van der Waals surface area (Å²) in [5, 5.41) is 0. The van der Waals surface area contributed by atoms with Gasteiger partial charge < -0.3 is 15.2 Å². The Morgan fingerprint density at radius 3 is 1.44 bits per heavy atom. The van der Waals surface area contributed by atoms with E-state index in [1.807, 2.05) is 60.7 Å². The predicted octanol–water partition coefficient (Wildman–Crippen LogP) is 4.46. The van der Waals surface area contributed by atoms with Crippen LogP contribution in [0, 0.1) is 0 Å². The summed E-state index contributed by atoms with van der Waals surface area (Å²) < 4.78 is 11.1. The van der Waals surface area contributed by atoms with E-state index in [9.17, 15) is 0 Å². The molecule has 0 fully saturated rings. The van der Waals surface area contributed by atoms with Crippen LogP contribution in [-0.4, -0.2) is 0 Å². The Kier molecular flexibility index (Phi) is 5.69. The monoisotopic (exact) mass is 299 g/mol. The third-order valence-electron chi connectivity index (χ3n) is 1.93. The zero-order chi connectivity index (χ0) is 12.1. The Hall–Kier alpha value is -1.00. The Labute approximate surface area is 117 Å². The van der Waals surface area contributed by atoms with E-state index in [0.29, 0.717) is 11.5 Å². The van der Waals surface area contributed by atoms with Gasteiger partial charge in [-0.15, -0.1) is 0 Å². The molecule has 0 spiro atoms. The molecule has 2 rings (SSSR count). The van der Waals surface area contributed by atoms with Crippen LogP contribution in [0.15, 0.2) is 60.7 Å². The van der Waals surface area contributed by atoms with Gasteiger partial charge in [0.15, 0.2) is 0 Å². The van der Waals surface area contributed by atoms with Crippen molar-refractivity contribution in [2.75, 3.05) is 0 Å². The molecule has 0 saturated heterocycles. The maximum Gasteiger partial charge on any atom is 0.345 e. The van der Waals surface area contributed by atoms with E-state index < -0.39 is 5.69 Å². The maximum absolute atomic E-state index is 5.57. The van der Waals surface area contributed by atoms with Crippen LogP contribution in [0.2, 0.25) is 0 Å². The van der Waals surface area contributed by atoms with Crippen molar-refractivity contribution in [1.82, 2.24) is 6.15 Å². The van der Waals surface area contributed by atoms with Gasteiger partial charge in [0.1, 0.15) is 11.5 Å². The molecule has 3 N–H and O–H groups in total. The van der Waals surface area contributed by atoms with Gasteiger partial charge in [0.25, 0.3) is 0 Å². The molecule has 0 aliphatic rings. The number of hydrogen-bond acceptors (Lipinski definition) is 4. The van der Waals surface area contributed by atoms with Crippen LogP contribution >= 0.6 is 17.9 Å². The highest BCUT2D eigenvalue weighted by molar-refractivity contribution is 8.60. The zero-order valence-electron chi connectivity index (χ0n) is 9.60. The molecule has 0 saturated carbocycles. The van der Waals surface area contributed by atoms with E-state index >= 15 is 0 Å². The van der Waals surface area contributed by atoms with Gasteiger partial charge in [-0.25, -0.2) is 0 Å². The van der Waals surface area contributed by atoms with Crippen LogP contribution in [-0.2, 0) is 11.8 Å². The minimum Gasteiger partial charge on any atom is -0.428 e. The van der Waals surface area contributed by atoms with E-state index in [4.69, 9.17) is 20.9 Å². The first kappa shape index (κ1) is 15.1. The highest BCUT2D eigenvalue weighted by atomic mass is 32.9. The van der Waals surface area contributed by atoms with Gasteiger partial charge in [0, 0.05) is 0 Å². The summed E-state index contributed by atoms with van der Waals surface area (Å²) in [4.78, 5) is 0. The van der Waals surface area contributed by atoms with Gasteiger partial charge >= 0.3 is 5.69 Å². The minimum absolute atomic E-state index is 0. The number of rotatable bonds is 4. The SMILES string of the molecule is N.S=P(S)(Oc1ccccc1)Oc1ccccc1. The summed E-state index contributed by atoms with van der Waals surface area (Å²) >= 11 is 9.53. The second kappa shape index (κ2) is 6.81. The lowest BCUT2D eigenvalue weighted by Gasteiger charge is -2.18. The summed E-state index contributed by atoms with van der Waals surface area (Å²) in [5.74, 6) is 1.34. The Morgan fingerprint density at radius 2 is 1.11 bits per heavy atom. The van der Waals surface area contributed by atoms with Crippen molar-refractivity contribution >= 4 is 29.7 Å². The quantitative estimate of drug-likeness (QED) is 0.646. The van der Waals surface area contributed by atoms with Crippen LogP contribution in [0.5, 0.6) is 11.5 Å². The van der Waals surface area contributed by atoms with Crippen molar-refractivity contribution in [1.29, 1.82) is 0 Å². The summed E-state index contributed by atoms with van der Waals surface area (Å²) in [6.45, 7) is 0. The zero-order valence-corrected chi connectivity index (χ0v) is 12.2. The smallest absolute Gasteiger partial charge is 0.345 e. The van der Waals surface area contributed by atoms with E-state index in [0.717, 1.165) is 0 Å². The fourth-order valence-corrected chi connectivity index (χ4v) is 3.14. The Bertz CT molecular complexity index is 477. The molecule has 96 valence electrons. The molecule has 0 aromatic heterocycles. The van der Waals surface area contributed by atoms with Gasteiger partial charge in [-0.05, 0) is 36.1 Å². The summed E-state index contributed by atoms with van der Waals surface area (Å²) in [5.41, 5.74) is -2.61. The first-order valence-electron chi connectivity index (χ1n) is 4.98. The maximum atomic E-state index is 5.57. The predicted molar refractivity (Wildman–Crippen MR) is 82.4 cm³/mol. The standard InChI is InChI=1S/C12H11O2PS2.H3N/c16-15(17,13-11-7-3-1-4-8-11)14-12-9-5-2-6-10-12;/h1-10H,(H,16,17);1H3. The Morgan fingerprint density at radius 1 is 0.778 bits per heavy atom. The van der Waals surface area contributed by atoms with Gasteiger partial charge in [-0.1, -0.05) is 48.6 Å². The lowest BCUT2D eigenvalue weighted by Crippen LogP contribution is -1.94. The molecule has 6 heteroatoms. The second-order valence-corrected chi connectivity index (χ2v) is 8.41. The average Bonchev–Trinajstić information content (AvgIpc) is 2.30. The number of hydrogen-bond donors (Lipinski definition) is 2. The van der Waals surface area contributed by atoms with Crippen molar-refractivity contribution < 1.29 is 9.05 Å². The van der Waals surface area contributed by atoms with Crippen molar-refractivity contribution in [2.24, 2.45) is 0 Å². The highest BCUT2D eigenvalue weighted by Crippen LogP contribution is 2.52. The van der Waals surface area contributed by atoms with Gasteiger partial charge in [0.2, 0.25) is 0 Å². The molecule has 0 heterocycles. The highest BCUT2D eigenvalue weighted by Gasteiger charge is 2.16. The normalized spacial score (nSPS) is 10.3. The molecule has 2 aromatic rings. The molecule has 0 amide bonds.